The number of hydrogen-bond donors (Lipinski definition) is 2. The van der Waals surface area contributed by atoms with E-state index < -0.39 is 10.8 Å². The van der Waals surface area contributed by atoms with Crippen molar-refractivity contribution in [3.8, 4) is 5.75 Å². The molecule has 0 aliphatic rings. The van der Waals surface area contributed by atoms with Crippen molar-refractivity contribution in [3.63, 3.8) is 0 Å². The molecule has 0 heterocycles. The normalized spacial score (nSPS) is 12.8. The minimum atomic E-state index is -1.20. The first kappa shape index (κ1) is 9.22. The molecular formula is C8H10O3S. The predicted molar refractivity (Wildman–Crippen MR) is 46.5 cm³/mol. The molecule has 0 saturated heterocycles. The highest BCUT2D eigenvalue weighted by atomic mass is 32.2. The topological polar surface area (TPSA) is 57.5 Å². The Morgan fingerprint density at radius 1 is 1.42 bits per heavy atom. The van der Waals surface area contributed by atoms with Gasteiger partial charge in [-0.05, 0) is 18.2 Å². The summed E-state index contributed by atoms with van der Waals surface area (Å²) in [6.45, 7) is -0.109. The van der Waals surface area contributed by atoms with E-state index >= 15 is 0 Å². The molecule has 0 fully saturated rings. The van der Waals surface area contributed by atoms with Crippen LogP contribution in [0.25, 0.3) is 0 Å². The van der Waals surface area contributed by atoms with Crippen LogP contribution in [0.2, 0.25) is 0 Å². The summed E-state index contributed by atoms with van der Waals surface area (Å²) >= 11 is 0. The highest BCUT2D eigenvalue weighted by molar-refractivity contribution is 7.85. The Morgan fingerprint density at radius 2 is 2.17 bits per heavy atom. The number of rotatable bonds is 3. The summed E-state index contributed by atoms with van der Waals surface area (Å²) in [5.74, 6) is 0.308. The second-order valence-electron chi connectivity index (χ2n) is 2.27. The van der Waals surface area contributed by atoms with E-state index in [1.807, 2.05) is 0 Å². The number of phenols is 1. The quantitative estimate of drug-likeness (QED) is 0.722. The lowest BCUT2D eigenvalue weighted by atomic mass is 10.3. The molecule has 2 N–H and O–H groups in total. The van der Waals surface area contributed by atoms with Crippen LogP contribution in [-0.4, -0.2) is 26.8 Å². The van der Waals surface area contributed by atoms with Crippen molar-refractivity contribution >= 4 is 10.8 Å². The Balaban J connectivity index is 2.81. The molecule has 1 aromatic rings. The first-order chi connectivity index (χ1) is 5.74. The fourth-order valence-electron chi connectivity index (χ4n) is 0.826. The largest absolute Gasteiger partial charge is 0.508 e. The summed E-state index contributed by atoms with van der Waals surface area (Å²) in [4.78, 5) is 0.545. The summed E-state index contributed by atoms with van der Waals surface area (Å²) in [5.41, 5.74) is 0. The Hall–Kier alpha value is -0.870. The van der Waals surface area contributed by atoms with Gasteiger partial charge >= 0.3 is 0 Å². The standard InChI is InChI=1S/C8H10O3S/c9-4-5-12(11)8-3-1-2-7(10)6-8/h1-3,6,9-10H,4-5H2. The van der Waals surface area contributed by atoms with Crippen LogP contribution in [0.1, 0.15) is 0 Å². The van der Waals surface area contributed by atoms with Gasteiger partial charge in [-0.3, -0.25) is 4.21 Å². The van der Waals surface area contributed by atoms with Crippen molar-refractivity contribution < 1.29 is 14.4 Å². The van der Waals surface area contributed by atoms with Gasteiger partial charge in [-0.2, -0.15) is 0 Å². The highest BCUT2D eigenvalue weighted by Gasteiger charge is 2.02. The molecule has 1 rings (SSSR count). The zero-order valence-electron chi connectivity index (χ0n) is 6.43. The van der Waals surface area contributed by atoms with E-state index in [0.717, 1.165) is 0 Å². The number of hydrogen-bond acceptors (Lipinski definition) is 3. The van der Waals surface area contributed by atoms with E-state index in [2.05, 4.69) is 0 Å². The lowest BCUT2D eigenvalue weighted by molar-refractivity contribution is 0.321. The molecule has 0 amide bonds. The first-order valence-corrected chi connectivity index (χ1v) is 4.84. The molecule has 0 spiro atoms. The highest BCUT2D eigenvalue weighted by Crippen LogP contribution is 2.14. The second kappa shape index (κ2) is 4.23. The molecule has 0 radical (unpaired) electrons. The van der Waals surface area contributed by atoms with E-state index in [0.29, 0.717) is 4.90 Å². The van der Waals surface area contributed by atoms with Gasteiger partial charge in [0.25, 0.3) is 0 Å². The van der Waals surface area contributed by atoms with Gasteiger partial charge in [0.1, 0.15) is 5.75 Å². The third-order valence-electron chi connectivity index (χ3n) is 1.36. The molecule has 1 atom stereocenters. The minimum Gasteiger partial charge on any atom is -0.508 e. The van der Waals surface area contributed by atoms with Crippen LogP contribution in [0.4, 0.5) is 0 Å². The molecule has 0 saturated carbocycles. The molecule has 0 aliphatic heterocycles. The van der Waals surface area contributed by atoms with Gasteiger partial charge in [-0.1, -0.05) is 6.07 Å². The van der Waals surface area contributed by atoms with Crippen LogP contribution < -0.4 is 0 Å². The number of aliphatic hydroxyl groups excluding tert-OH is 1. The van der Waals surface area contributed by atoms with Crippen molar-refractivity contribution in [1.29, 1.82) is 0 Å². The summed E-state index contributed by atoms with van der Waals surface area (Å²) in [5, 5.41) is 17.5. The van der Waals surface area contributed by atoms with Gasteiger partial charge in [0, 0.05) is 4.90 Å². The maximum absolute atomic E-state index is 11.2. The van der Waals surface area contributed by atoms with Gasteiger partial charge in [0.15, 0.2) is 0 Å². The maximum Gasteiger partial charge on any atom is 0.116 e. The Morgan fingerprint density at radius 3 is 2.75 bits per heavy atom. The van der Waals surface area contributed by atoms with E-state index in [-0.39, 0.29) is 18.1 Å². The van der Waals surface area contributed by atoms with Crippen molar-refractivity contribution in [2.45, 2.75) is 4.90 Å². The minimum absolute atomic E-state index is 0.0961. The monoisotopic (exact) mass is 186 g/mol. The summed E-state index contributed by atoms with van der Waals surface area (Å²) < 4.78 is 11.2. The molecule has 1 aromatic carbocycles. The fraction of sp³-hybridized carbons (Fsp3) is 0.250. The van der Waals surface area contributed by atoms with Crippen molar-refractivity contribution in [2.24, 2.45) is 0 Å². The predicted octanol–water partition coefficient (Wildman–Crippen LogP) is 0.492. The van der Waals surface area contributed by atoms with E-state index in [1.54, 1.807) is 12.1 Å². The number of phenolic OH excluding ortho intramolecular Hbond substituents is 1. The number of aliphatic hydroxyl groups is 1. The summed E-state index contributed by atoms with van der Waals surface area (Å²) in [6.07, 6.45) is 0. The number of aromatic hydroxyl groups is 1. The SMILES string of the molecule is O=S(CCO)c1cccc(O)c1. The van der Waals surface area contributed by atoms with Crippen LogP contribution in [0.15, 0.2) is 29.2 Å². The molecule has 1 unspecified atom stereocenters. The average molecular weight is 186 g/mol. The maximum atomic E-state index is 11.2. The third kappa shape index (κ3) is 2.32. The zero-order chi connectivity index (χ0) is 8.97. The second-order valence-corrected chi connectivity index (χ2v) is 3.84. The molecule has 3 nitrogen and oxygen atoms in total. The van der Waals surface area contributed by atoms with Gasteiger partial charge in [-0.25, -0.2) is 0 Å². The molecule has 0 aromatic heterocycles. The van der Waals surface area contributed by atoms with Crippen molar-refractivity contribution in [3.05, 3.63) is 24.3 Å². The van der Waals surface area contributed by atoms with Crippen molar-refractivity contribution in [1.82, 2.24) is 0 Å². The smallest absolute Gasteiger partial charge is 0.116 e. The van der Waals surface area contributed by atoms with Crippen LogP contribution in [0.5, 0.6) is 5.75 Å². The Labute approximate surface area is 73.1 Å². The zero-order valence-corrected chi connectivity index (χ0v) is 7.25. The summed E-state index contributed by atoms with van der Waals surface area (Å²) in [6, 6.07) is 6.23. The van der Waals surface area contributed by atoms with Gasteiger partial charge in [0.2, 0.25) is 0 Å². The number of benzene rings is 1. The van der Waals surface area contributed by atoms with E-state index in [9.17, 15) is 4.21 Å². The molecular weight excluding hydrogens is 176 g/mol. The molecule has 12 heavy (non-hydrogen) atoms. The van der Waals surface area contributed by atoms with Gasteiger partial charge in [0.05, 0.1) is 23.2 Å². The van der Waals surface area contributed by atoms with Crippen LogP contribution in [-0.2, 0) is 10.8 Å². The first-order valence-electron chi connectivity index (χ1n) is 3.52. The average Bonchev–Trinajstić information content (AvgIpc) is 2.05. The lowest BCUT2D eigenvalue weighted by Gasteiger charge is -1.99. The van der Waals surface area contributed by atoms with Crippen LogP contribution in [0, 0.1) is 0 Å². The lowest BCUT2D eigenvalue weighted by Crippen LogP contribution is -2.01. The van der Waals surface area contributed by atoms with Gasteiger partial charge in [-0.15, -0.1) is 0 Å². The van der Waals surface area contributed by atoms with E-state index in [4.69, 9.17) is 10.2 Å². The van der Waals surface area contributed by atoms with Crippen LogP contribution in [0.3, 0.4) is 0 Å². The Kier molecular flexibility index (Phi) is 3.25. The van der Waals surface area contributed by atoms with Gasteiger partial charge < -0.3 is 10.2 Å². The molecule has 0 aliphatic carbocycles. The molecule has 66 valence electrons. The molecule has 4 heteroatoms. The Bertz CT molecular complexity index is 285. The van der Waals surface area contributed by atoms with Crippen molar-refractivity contribution in [2.75, 3.05) is 12.4 Å². The fourth-order valence-corrected chi connectivity index (χ4v) is 1.71. The van der Waals surface area contributed by atoms with Crippen LogP contribution >= 0.6 is 0 Å². The summed E-state index contributed by atoms with van der Waals surface area (Å²) in [7, 11) is -1.20. The van der Waals surface area contributed by atoms with E-state index in [1.165, 1.54) is 12.1 Å². The third-order valence-corrected chi connectivity index (χ3v) is 2.69. The molecule has 0 bridgehead atoms.